The van der Waals surface area contributed by atoms with E-state index in [9.17, 15) is 0 Å². The minimum atomic E-state index is -4.77. The summed E-state index contributed by atoms with van der Waals surface area (Å²) >= 11 is 0. The normalized spacial score (nSPS) is 12.5. The maximum atomic E-state index is 15.8. The van der Waals surface area contributed by atoms with Crippen LogP contribution in [0.5, 0.6) is 0 Å². The van der Waals surface area contributed by atoms with Crippen LogP contribution in [0.15, 0.2) is 291 Å². The van der Waals surface area contributed by atoms with Gasteiger partial charge in [0, 0.05) is 67.3 Å². The summed E-state index contributed by atoms with van der Waals surface area (Å²) in [5.41, 5.74) is 18.7. The van der Waals surface area contributed by atoms with Crippen LogP contribution >= 0.6 is 0 Å². The number of benzene rings is 12. The molecule has 10 heteroatoms. The molecule has 0 radical (unpaired) electrons. The molecule has 0 aliphatic carbocycles. The van der Waals surface area contributed by atoms with Gasteiger partial charge in [0.15, 0.2) is 17.5 Å². The molecule has 0 saturated carbocycles. The van der Waals surface area contributed by atoms with Crippen LogP contribution in [0.25, 0.3) is 95.0 Å². The highest BCUT2D eigenvalue weighted by Gasteiger charge is 2.44. The van der Waals surface area contributed by atoms with Gasteiger partial charge in [-0.3, -0.25) is 0 Å². The largest absolute Gasteiger partial charge is 0.417 e. The Bertz CT molecular complexity index is 4710. The lowest BCUT2D eigenvalue weighted by atomic mass is 9.33. The maximum absolute atomic E-state index is 15.8. The molecule has 2 aliphatic heterocycles. The van der Waals surface area contributed by atoms with Crippen LogP contribution in [0.4, 0.5) is 47.3 Å². The SMILES string of the molecule is FC(F)(F)c1cc(-n2c3ccccc3c3cc(-c4cc5c6c(c4)N(c4ccc(-c7ccccc7)cc4)c4ccccc4B6c4ccccc4N5c4ccc(-c5ccccc5)cc4)ccc32)ccc1-c1nc(-c2ccccc2)nc(-c2ccccc2)n1. The molecule has 406 valence electrons. The minimum absolute atomic E-state index is 0.0728. The number of hydrogen-bond donors (Lipinski definition) is 0. The van der Waals surface area contributed by atoms with E-state index in [1.807, 2.05) is 95.6 Å². The van der Waals surface area contributed by atoms with Crippen LogP contribution in [0.3, 0.4) is 0 Å². The number of aromatic nitrogens is 4. The van der Waals surface area contributed by atoms with Gasteiger partial charge in [0.25, 0.3) is 6.71 Å². The first-order valence-corrected chi connectivity index (χ1v) is 28.7. The molecular formula is C76H48BF3N6. The van der Waals surface area contributed by atoms with E-state index in [1.54, 1.807) is 6.07 Å². The summed E-state index contributed by atoms with van der Waals surface area (Å²) < 4.78 is 49.4. The first-order chi connectivity index (χ1) is 42.3. The lowest BCUT2D eigenvalue weighted by molar-refractivity contribution is -0.137. The first kappa shape index (κ1) is 50.6. The molecule has 4 heterocycles. The number of anilines is 6. The Balaban J connectivity index is 0.884. The van der Waals surface area contributed by atoms with Crippen molar-refractivity contribution in [2.24, 2.45) is 0 Å². The highest BCUT2D eigenvalue weighted by Crippen LogP contribution is 2.48. The Kier molecular flexibility index (Phi) is 12.0. The minimum Gasteiger partial charge on any atom is -0.311 e. The van der Waals surface area contributed by atoms with Crippen LogP contribution in [-0.2, 0) is 6.18 Å². The Labute approximate surface area is 495 Å². The van der Waals surface area contributed by atoms with E-state index in [2.05, 4.69) is 192 Å². The van der Waals surface area contributed by atoms with Gasteiger partial charge in [0.1, 0.15) is 0 Å². The van der Waals surface area contributed by atoms with Crippen LogP contribution in [-0.4, -0.2) is 26.2 Å². The standard InChI is InChI=1S/C76H48BF3N6/c78-76(79,80)63-48-59(42-43-61(63)75-82-73(53-23-9-3-10-24-53)81-74(83-75)54-25-11-4-12-26-54)86-66-30-16-13-27-60(66)62-45-55(37-44-67(62)86)56-46-70-72-71(47-56)85(58-40-35-52(36-41-58)50-21-7-2-8-22-50)69-32-18-15-29-65(69)77(72)64-28-14-17-31-68(64)84(70)57-38-33-51(34-39-57)49-19-5-1-6-20-49/h1-48H. The molecular weight excluding hydrogens is 1060 g/mol. The zero-order valence-corrected chi connectivity index (χ0v) is 46.1. The molecule has 0 bridgehead atoms. The predicted molar refractivity (Wildman–Crippen MR) is 346 cm³/mol. The molecule has 0 spiro atoms. The summed E-state index contributed by atoms with van der Waals surface area (Å²) in [5.74, 6) is 0.479. The number of para-hydroxylation sites is 3. The summed E-state index contributed by atoms with van der Waals surface area (Å²) in [6, 6.07) is 98.1. The fourth-order valence-corrected chi connectivity index (χ4v) is 12.9. The Morgan fingerprint density at radius 3 is 1.24 bits per heavy atom. The van der Waals surface area contributed by atoms with Gasteiger partial charge in [-0.05, 0) is 135 Å². The van der Waals surface area contributed by atoms with Crippen LogP contribution in [0.2, 0.25) is 0 Å². The van der Waals surface area contributed by atoms with Crippen molar-refractivity contribution >= 4 is 79.0 Å². The average molecular weight is 1110 g/mol. The second-order valence-electron chi connectivity index (χ2n) is 21.8. The zero-order valence-electron chi connectivity index (χ0n) is 46.1. The average Bonchev–Trinajstić information content (AvgIpc) is 0.868. The van der Waals surface area contributed by atoms with Gasteiger partial charge in [-0.1, -0.05) is 206 Å². The third kappa shape index (κ3) is 8.56. The third-order valence-corrected chi connectivity index (χ3v) is 16.9. The Morgan fingerprint density at radius 1 is 0.302 bits per heavy atom. The van der Waals surface area contributed by atoms with Gasteiger partial charge >= 0.3 is 6.18 Å². The van der Waals surface area contributed by atoms with E-state index in [1.165, 1.54) is 28.5 Å². The van der Waals surface area contributed by atoms with E-state index >= 15 is 13.2 Å². The molecule has 0 N–H and O–H groups in total. The molecule has 16 rings (SSSR count). The number of nitrogens with zero attached hydrogens (tertiary/aromatic N) is 6. The van der Waals surface area contributed by atoms with E-state index in [0.29, 0.717) is 16.8 Å². The van der Waals surface area contributed by atoms with Gasteiger partial charge in [0.2, 0.25) is 0 Å². The van der Waals surface area contributed by atoms with Gasteiger partial charge in [-0.25, -0.2) is 15.0 Å². The second kappa shape index (κ2) is 20.4. The molecule has 0 amide bonds. The molecule has 0 saturated heterocycles. The number of rotatable bonds is 9. The fourth-order valence-electron chi connectivity index (χ4n) is 12.9. The number of fused-ring (bicyclic) bond motifs is 7. The van der Waals surface area contributed by atoms with Crippen LogP contribution < -0.4 is 26.2 Å². The maximum Gasteiger partial charge on any atom is 0.417 e. The topological polar surface area (TPSA) is 50.1 Å². The lowest BCUT2D eigenvalue weighted by Gasteiger charge is -2.44. The molecule has 2 aliphatic rings. The van der Waals surface area contributed by atoms with Crippen molar-refractivity contribution in [2.45, 2.75) is 6.18 Å². The summed E-state index contributed by atoms with van der Waals surface area (Å²) in [5, 5.41) is 1.80. The highest BCUT2D eigenvalue weighted by molar-refractivity contribution is 7.00. The molecule has 2 aromatic heterocycles. The summed E-state index contributed by atoms with van der Waals surface area (Å²) in [7, 11) is 0. The van der Waals surface area contributed by atoms with Gasteiger partial charge in [-0.15, -0.1) is 0 Å². The van der Waals surface area contributed by atoms with Crippen molar-refractivity contribution in [3.63, 3.8) is 0 Å². The molecule has 86 heavy (non-hydrogen) atoms. The van der Waals surface area contributed by atoms with E-state index in [0.717, 1.165) is 89.3 Å². The first-order valence-electron chi connectivity index (χ1n) is 28.7. The Hall–Kier alpha value is -11.1. The second-order valence-corrected chi connectivity index (χ2v) is 21.8. The van der Waals surface area contributed by atoms with Crippen molar-refractivity contribution in [1.29, 1.82) is 0 Å². The van der Waals surface area contributed by atoms with Crippen molar-refractivity contribution in [1.82, 2.24) is 19.5 Å². The van der Waals surface area contributed by atoms with Crippen molar-refractivity contribution in [3.8, 4) is 73.2 Å². The van der Waals surface area contributed by atoms with E-state index in [-0.39, 0.29) is 29.7 Å². The monoisotopic (exact) mass is 1110 g/mol. The van der Waals surface area contributed by atoms with Crippen molar-refractivity contribution < 1.29 is 13.2 Å². The lowest BCUT2D eigenvalue weighted by Crippen LogP contribution is -2.61. The van der Waals surface area contributed by atoms with E-state index in [4.69, 9.17) is 15.0 Å². The van der Waals surface area contributed by atoms with Gasteiger partial charge in [0.05, 0.1) is 16.6 Å². The van der Waals surface area contributed by atoms with Crippen molar-refractivity contribution in [2.75, 3.05) is 9.80 Å². The number of alkyl halides is 3. The smallest absolute Gasteiger partial charge is 0.311 e. The summed E-state index contributed by atoms with van der Waals surface area (Å²) in [6.45, 7) is -0.0866. The van der Waals surface area contributed by atoms with E-state index < -0.39 is 11.7 Å². The third-order valence-electron chi connectivity index (χ3n) is 16.9. The molecule has 0 fully saturated rings. The molecule has 0 unspecified atom stereocenters. The molecule has 6 nitrogen and oxygen atoms in total. The van der Waals surface area contributed by atoms with Crippen LogP contribution in [0, 0.1) is 0 Å². The zero-order chi connectivity index (χ0) is 57.5. The van der Waals surface area contributed by atoms with Crippen molar-refractivity contribution in [3.05, 3.63) is 297 Å². The molecule has 0 atom stereocenters. The number of halogens is 3. The fraction of sp³-hybridized carbons (Fsp3) is 0.0132. The van der Waals surface area contributed by atoms with Gasteiger partial charge < -0.3 is 14.4 Å². The predicted octanol–water partition coefficient (Wildman–Crippen LogP) is 18.1. The summed E-state index contributed by atoms with van der Waals surface area (Å²) in [4.78, 5) is 19.0. The highest BCUT2D eigenvalue weighted by atomic mass is 19.4. The Morgan fingerprint density at radius 2 is 0.721 bits per heavy atom. The quantitative estimate of drug-likeness (QED) is 0.135. The van der Waals surface area contributed by atoms with Crippen LogP contribution in [0.1, 0.15) is 5.56 Å². The number of hydrogen-bond acceptors (Lipinski definition) is 5. The molecule has 14 aromatic rings. The summed E-state index contributed by atoms with van der Waals surface area (Å²) in [6.07, 6.45) is -4.77. The van der Waals surface area contributed by atoms with Gasteiger partial charge in [-0.2, -0.15) is 13.2 Å². The molecule has 12 aromatic carbocycles.